The van der Waals surface area contributed by atoms with Crippen LogP contribution in [0.4, 0.5) is 5.69 Å². The zero-order chi connectivity index (χ0) is 12.3. The van der Waals surface area contributed by atoms with E-state index in [1.807, 2.05) is 0 Å². The molecule has 1 saturated carbocycles. The number of methoxy groups -OCH3 is 1. The van der Waals surface area contributed by atoms with Gasteiger partial charge in [0.1, 0.15) is 11.3 Å². The maximum Gasteiger partial charge on any atom is 0.341 e. The molecule has 0 saturated heterocycles. The zero-order valence-electron chi connectivity index (χ0n) is 9.94. The van der Waals surface area contributed by atoms with Crippen LogP contribution >= 0.6 is 0 Å². The molecule has 0 bridgehead atoms. The largest absolute Gasteiger partial charge is 0.496 e. The number of carbonyl (C=O) groups excluding carboxylic acids is 1. The molecule has 1 aromatic carbocycles. The summed E-state index contributed by atoms with van der Waals surface area (Å²) in [5.41, 5.74) is 6.61. The lowest BCUT2D eigenvalue weighted by atomic mass is 10.2. The van der Waals surface area contributed by atoms with Crippen LogP contribution in [0.3, 0.4) is 0 Å². The molecule has 0 spiro atoms. The summed E-state index contributed by atoms with van der Waals surface area (Å²) in [5, 5.41) is 0. The fourth-order valence-electron chi connectivity index (χ4n) is 1.68. The van der Waals surface area contributed by atoms with Gasteiger partial charge in [0.25, 0.3) is 0 Å². The van der Waals surface area contributed by atoms with E-state index in [0.717, 1.165) is 12.3 Å². The summed E-state index contributed by atoms with van der Waals surface area (Å²) in [7, 11) is 1.51. The SMILES string of the molecule is COc1cc(N)ccc1C(=O)OCCC1CC1. The second-order valence-corrected chi connectivity index (χ2v) is 4.33. The summed E-state index contributed by atoms with van der Waals surface area (Å²) in [6.45, 7) is 0.483. The lowest BCUT2D eigenvalue weighted by molar-refractivity contribution is 0.0491. The quantitative estimate of drug-likeness (QED) is 0.628. The van der Waals surface area contributed by atoms with Crippen LogP contribution in [-0.2, 0) is 4.74 Å². The van der Waals surface area contributed by atoms with Gasteiger partial charge in [-0.15, -0.1) is 0 Å². The van der Waals surface area contributed by atoms with E-state index in [0.29, 0.717) is 23.6 Å². The van der Waals surface area contributed by atoms with Crippen molar-refractivity contribution >= 4 is 11.7 Å². The third-order valence-corrected chi connectivity index (χ3v) is 2.90. The molecule has 1 aliphatic rings. The number of hydrogen-bond acceptors (Lipinski definition) is 4. The summed E-state index contributed by atoms with van der Waals surface area (Å²) in [4.78, 5) is 11.8. The third-order valence-electron chi connectivity index (χ3n) is 2.90. The second kappa shape index (κ2) is 5.08. The Kier molecular flexibility index (Phi) is 3.52. The monoisotopic (exact) mass is 235 g/mol. The molecule has 17 heavy (non-hydrogen) atoms. The molecule has 0 aliphatic heterocycles. The lowest BCUT2D eigenvalue weighted by Gasteiger charge is -2.09. The van der Waals surface area contributed by atoms with Crippen LogP contribution in [0.5, 0.6) is 5.75 Å². The van der Waals surface area contributed by atoms with Gasteiger partial charge in [0.05, 0.1) is 13.7 Å². The van der Waals surface area contributed by atoms with Crippen molar-refractivity contribution in [1.82, 2.24) is 0 Å². The minimum atomic E-state index is -0.345. The van der Waals surface area contributed by atoms with E-state index in [4.69, 9.17) is 15.2 Å². The number of anilines is 1. The third kappa shape index (κ3) is 3.12. The van der Waals surface area contributed by atoms with Gasteiger partial charge >= 0.3 is 5.97 Å². The lowest BCUT2D eigenvalue weighted by Crippen LogP contribution is -2.09. The summed E-state index contributed by atoms with van der Waals surface area (Å²) in [5.74, 6) is 0.875. The maximum absolute atomic E-state index is 11.8. The van der Waals surface area contributed by atoms with Crippen molar-refractivity contribution in [1.29, 1.82) is 0 Å². The summed E-state index contributed by atoms with van der Waals surface area (Å²) in [6, 6.07) is 4.92. The van der Waals surface area contributed by atoms with E-state index in [1.54, 1.807) is 18.2 Å². The first-order valence-electron chi connectivity index (χ1n) is 5.81. The van der Waals surface area contributed by atoms with Gasteiger partial charge in [0.2, 0.25) is 0 Å². The second-order valence-electron chi connectivity index (χ2n) is 4.33. The van der Waals surface area contributed by atoms with Gasteiger partial charge in [-0.1, -0.05) is 12.8 Å². The fraction of sp³-hybridized carbons (Fsp3) is 0.462. The number of nitrogen functional groups attached to an aromatic ring is 1. The molecule has 0 heterocycles. The highest BCUT2D eigenvalue weighted by Crippen LogP contribution is 2.32. The van der Waals surface area contributed by atoms with Crippen molar-refractivity contribution in [3.8, 4) is 5.75 Å². The topological polar surface area (TPSA) is 61.5 Å². The van der Waals surface area contributed by atoms with Crippen molar-refractivity contribution in [2.45, 2.75) is 19.3 Å². The fourth-order valence-corrected chi connectivity index (χ4v) is 1.68. The Labute approximate surface area is 101 Å². The molecular formula is C13H17NO3. The van der Waals surface area contributed by atoms with Crippen molar-refractivity contribution in [3.63, 3.8) is 0 Å². The molecule has 2 rings (SSSR count). The molecule has 1 fully saturated rings. The average molecular weight is 235 g/mol. The normalized spacial score (nSPS) is 14.4. The molecule has 92 valence electrons. The first-order valence-corrected chi connectivity index (χ1v) is 5.81. The van der Waals surface area contributed by atoms with E-state index >= 15 is 0 Å². The Morgan fingerprint density at radius 1 is 1.47 bits per heavy atom. The number of ether oxygens (including phenoxy) is 2. The summed E-state index contributed by atoms with van der Waals surface area (Å²) < 4.78 is 10.3. The van der Waals surface area contributed by atoms with Gasteiger partial charge < -0.3 is 15.2 Å². The molecule has 1 aliphatic carbocycles. The van der Waals surface area contributed by atoms with Crippen LogP contribution in [0, 0.1) is 5.92 Å². The Bertz CT molecular complexity index is 413. The van der Waals surface area contributed by atoms with Crippen LogP contribution in [0.25, 0.3) is 0 Å². The Hall–Kier alpha value is -1.71. The number of carbonyl (C=O) groups is 1. The van der Waals surface area contributed by atoms with Crippen molar-refractivity contribution in [2.24, 2.45) is 5.92 Å². The molecule has 2 N–H and O–H groups in total. The van der Waals surface area contributed by atoms with Gasteiger partial charge in [-0.05, 0) is 24.5 Å². The molecule has 1 aromatic rings. The predicted octanol–water partition coefficient (Wildman–Crippen LogP) is 2.23. The van der Waals surface area contributed by atoms with Gasteiger partial charge in [0, 0.05) is 11.8 Å². The minimum Gasteiger partial charge on any atom is -0.496 e. The highest BCUT2D eigenvalue weighted by Gasteiger charge is 2.22. The number of esters is 1. The van der Waals surface area contributed by atoms with E-state index in [1.165, 1.54) is 20.0 Å². The summed E-state index contributed by atoms with van der Waals surface area (Å²) >= 11 is 0. The van der Waals surface area contributed by atoms with Gasteiger partial charge in [-0.25, -0.2) is 4.79 Å². The zero-order valence-corrected chi connectivity index (χ0v) is 9.94. The van der Waals surface area contributed by atoms with Gasteiger partial charge in [-0.3, -0.25) is 0 Å². The van der Waals surface area contributed by atoms with E-state index in [2.05, 4.69) is 0 Å². The first kappa shape index (κ1) is 11.8. The van der Waals surface area contributed by atoms with E-state index < -0.39 is 0 Å². The van der Waals surface area contributed by atoms with Crippen LogP contribution in [0.2, 0.25) is 0 Å². The Morgan fingerprint density at radius 3 is 2.88 bits per heavy atom. The number of rotatable bonds is 5. The molecule has 4 nitrogen and oxygen atoms in total. The molecule has 0 amide bonds. The highest BCUT2D eigenvalue weighted by atomic mass is 16.5. The molecule has 0 radical (unpaired) electrons. The molecule has 0 atom stereocenters. The Morgan fingerprint density at radius 2 is 2.24 bits per heavy atom. The highest BCUT2D eigenvalue weighted by molar-refractivity contribution is 5.93. The number of hydrogen-bond donors (Lipinski definition) is 1. The average Bonchev–Trinajstić information content (AvgIpc) is 3.12. The minimum absolute atomic E-state index is 0.345. The smallest absolute Gasteiger partial charge is 0.341 e. The Balaban J connectivity index is 1.96. The number of benzene rings is 1. The first-order chi connectivity index (χ1) is 8.20. The molecule has 4 heteroatoms. The van der Waals surface area contributed by atoms with Gasteiger partial charge in [-0.2, -0.15) is 0 Å². The standard InChI is InChI=1S/C13H17NO3/c1-16-12-8-10(14)4-5-11(12)13(15)17-7-6-9-2-3-9/h4-5,8-9H,2-3,6-7,14H2,1H3. The summed E-state index contributed by atoms with van der Waals surface area (Å²) in [6.07, 6.45) is 3.49. The van der Waals surface area contributed by atoms with Crippen molar-refractivity contribution in [3.05, 3.63) is 23.8 Å². The van der Waals surface area contributed by atoms with Crippen LogP contribution in [0.15, 0.2) is 18.2 Å². The van der Waals surface area contributed by atoms with Crippen molar-refractivity contribution in [2.75, 3.05) is 19.5 Å². The van der Waals surface area contributed by atoms with E-state index in [9.17, 15) is 4.79 Å². The van der Waals surface area contributed by atoms with E-state index in [-0.39, 0.29) is 5.97 Å². The van der Waals surface area contributed by atoms with Gasteiger partial charge in [0.15, 0.2) is 0 Å². The maximum atomic E-state index is 11.8. The van der Waals surface area contributed by atoms with Crippen molar-refractivity contribution < 1.29 is 14.3 Å². The van der Waals surface area contributed by atoms with Crippen LogP contribution in [0.1, 0.15) is 29.6 Å². The van der Waals surface area contributed by atoms with Crippen LogP contribution < -0.4 is 10.5 Å². The molecule has 0 unspecified atom stereocenters. The van der Waals surface area contributed by atoms with Crippen LogP contribution in [-0.4, -0.2) is 19.7 Å². The molecular weight excluding hydrogens is 218 g/mol. The number of nitrogens with two attached hydrogens (primary N) is 1. The predicted molar refractivity (Wildman–Crippen MR) is 65.0 cm³/mol. The molecule has 0 aromatic heterocycles.